The van der Waals surface area contributed by atoms with Gasteiger partial charge in [-0.3, -0.25) is 4.90 Å². The van der Waals surface area contributed by atoms with E-state index in [4.69, 9.17) is 9.47 Å². The topological polar surface area (TPSA) is 104 Å². The molecule has 2 aromatic rings. The number of ether oxygens (including phenoxy) is 2. The number of H-pyrrole nitrogens is 1. The maximum absolute atomic E-state index is 12.0. The highest BCUT2D eigenvalue weighted by Gasteiger charge is 2.29. The summed E-state index contributed by atoms with van der Waals surface area (Å²) < 4.78 is 10.5. The minimum atomic E-state index is -0.957. The highest BCUT2D eigenvalue weighted by molar-refractivity contribution is 5.93. The zero-order chi connectivity index (χ0) is 19.2. The first-order valence-electron chi connectivity index (χ1n) is 8.85. The number of anilines is 1. The van der Waals surface area contributed by atoms with Crippen LogP contribution in [0.25, 0.3) is 0 Å². The predicted octanol–water partition coefficient (Wildman–Crippen LogP) is 2.85. The van der Waals surface area contributed by atoms with Crippen molar-refractivity contribution in [3.05, 3.63) is 53.3 Å². The minimum Gasteiger partial charge on any atom is -0.465 e. The molecule has 1 aliphatic heterocycles. The molecule has 27 heavy (non-hydrogen) atoms. The van der Waals surface area contributed by atoms with Crippen molar-refractivity contribution in [2.75, 3.05) is 31.7 Å². The number of aromatic amines is 1. The van der Waals surface area contributed by atoms with Crippen LogP contribution < -0.4 is 5.32 Å². The number of rotatable bonds is 6. The third kappa shape index (κ3) is 4.22. The fourth-order valence-corrected chi connectivity index (χ4v) is 3.19. The van der Waals surface area contributed by atoms with Gasteiger partial charge in [0.15, 0.2) is 0 Å². The summed E-state index contributed by atoms with van der Waals surface area (Å²) in [5.74, 6) is -0.420. The third-order valence-corrected chi connectivity index (χ3v) is 4.48. The van der Waals surface area contributed by atoms with Crippen LogP contribution in [-0.2, 0) is 16.0 Å². The van der Waals surface area contributed by atoms with E-state index in [-0.39, 0.29) is 6.04 Å². The Bertz CT molecular complexity index is 804. The number of carboxylic acid groups (broad SMARTS) is 1. The van der Waals surface area contributed by atoms with Crippen molar-refractivity contribution in [1.29, 1.82) is 0 Å². The lowest BCUT2D eigenvalue weighted by atomic mass is 9.98. The van der Waals surface area contributed by atoms with Crippen molar-refractivity contribution < 1.29 is 24.2 Å². The lowest BCUT2D eigenvalue weighted by Gasteiger charge is -2.34. The molecule has 144 valence electrons. The molecule has 0 bridgehead atoms. The van der Waals surface area contributed by atoms with Crippen LogP contribution in [0.4, 0.5) is 10.5 Å². The van der Waals surface area contributed by atoms with E-state index in [2.05, 4.69) is 10.3 Å². The summed E-state index contributed by atoms with van der Waals surface area (Å²) in [5.41, 5.74) is 2.83. The first kappa shape index (κ1) is 18.8. The molecular formula is C19H23N3O5. The average molecular weight is 373 g/mol. The highest BCUT2D eigenvalue weighted by atomic mass is 16.5. The Labute approximate surface area is 157 Å². The molecule has 0 unspecified atom stereocenters. The summed E-state index contributed by atoms with van der Waals surface area (Å²) in [6.45, 7) is 3.55. The van der Waals surface area contributed by atoms with Crippen molar-refractivity contribution in [2.45, 2.75) is 19.5 Å². The van der Waals surface area contributed by atoms with E-state index in [0.29, 0.717) is 44.3 Å². The summed E-state index contributed by atoms with van der Waals surface area (Å²) in [6, 6.07) is 9.04. The number of nitrogens with zero attached hydrogens (tertiary/aromatic N) is 1. The molecule has 0 saturated carbocycles. The minimum absolute atomic E-state index is 0.298. The summed E-state index contributed by atoms with van der Waals surface area (Å²) in [4.78, 5) is 27.9. The highest BCUT2D eigenvalue weighted by Crippen LogP contribution is 2.28. The summed E-state index contributed by atoms with van der Waals surface area (Å²) in [6.07, 6.45) is 0.711. The van der Waals surface area contributed by atoms with Gasteiger partial charge in [0.25, 0.3) is 0 Å². The maximum atomic E-state index is 12.0. The molecule has 0 aliphatic carbocycles. The van der Waals surface area contributed by atoms with Gasteiger partial charge >= 0.3 is 12.1 Å². The molecule has 1 saturated heterocycles. The molecule has 1 aliphatic rings. The van der Waals surface area contributed by atoms with Gasteiger partial charge in [0.2, 0.25) is 0 Å². The van der Waals surface area contributed by atoms with Crippen molar-refractivity contribution in [2.24, 2.45) is 0 Å². The van der Waals surface area contributed by atoms with Crippen LogP contribution in [-0.4, -0.2) is 53.4 Å². The standard InChI is InChI=1S/C19H23N3O5/c1-2-27-18(23)17-15(7-8-20-17)21-11-13-5-3-4-6-14(13)16-12-26-10-9-22(16)19(24)25/h3-8,16,20-21H,2,9-12H2,1H3,(H,24,25)/t16-/m0/s1. The van der Waals surface area contributed by atoms with Gasteiger partial charge < -0.3 is 24.9 Å². The van der Waals surface area contributed by atoms with Gasteiger partial charge in [0.1, 0.15) is 5.69 Å². The molecule has 1 fully saturated rings. The summed E-state index contributed by atoms with van der Waals surface area (Å²) in [5, 5.41) is 12.7. The second-order valence-electron chi connectivity index (χ2n) is 6.11. The largest absolute Gasteiger partial charge is 0.465 e. The van der Waals surface area contributed by atoms with Crippen LogP contribution in [0.5, 0.6) is 0 Å². The number of morpholine rings is 1. The Hall–Kier alpha value is -3.00. The van der Waals surface area contributed by atoms with E-state index in [9.17, 15) is 14.7 Å². The maximum Gasteiger partial charge on any atom is 0.407 e. The SMILES string of the molecule is CCOC(=O)c1[nH]ccc1NCc1ccccc1[C@@H]1COCCN1C(=O)O. The van der Waals surface area contributed by atoms with Gasteiger partial charge in [0.05, 0.1) is 31.5 Å². The van der Waals surface area contributed by atoms with Gasteiger partial charge in [-0.2, -0.15) is 0 Å². The smallest absolute Gasteiger partial charge is 0.407 e. The Kier molecular flexibility index (Phi) is 5.97. The van der Waals surface area contributed by atoms with Crippen molar-refractivity contribution in [3.63, 3.8) is 0 Å². The molecular weight excluding hydrogens is 350 g/mol. The predicted molar refractivity (Wildman–Crippen MR) is 98.8 cm³/mol. The lowest BCUT2D eigenvalue weighted by molar-refractivity contribution is -0.00114. The average Bonchev–Trinajstić information content (AvgIpc) is 3.15. The van der Waals surface area contributed by atoms with Crippen molar-refractivity contribution in [1.82, 2.24) is 9.88 Å². The second kappa shape index (κ2) is 8.59. The van der Waals surface area contributed by atoms with E-state index >= 15 is 0 Å². The number of carbonyl (C=O) groups is 2. The van der Waals surface area contributed by atoms with Crippen molar-refractivity contribution in [3.8, 4) is 0 Å². The van der Waals surface area contributed by atoms with E-state index < -0.39 is 12.1 Å². The van der Waals surface area contributed by atoms with E-state index in [1.165, 1.54) is 4.90 Å². The molecule has 0 spiro atoms. The first-order valence-corrected chi connectivity index (χ1v) is 8.85. The fourth-order valence-electron chi connectivity index (χ4n) is 3.19. The summed E-state index contributed by atoms with van der Waals surface area (Å²) >= 11 is 0. The number of carbonyl (C=O) groups excluding carboxylic acids is 1. The monoisotopic (exact) mass is 373 g/mol. The Morgan fingerprint density at radius 2 is 2.19 bits per heavy atom. The van der Waals surface area contributed by atoms with E-state index in [1.54, 1.807) is 19.2 Å². The molecule has 1 aromatic carbocycles. The number of esters is 1. The van der Waals surface area contributed by atoms with Crippen LogP contribution in [0.1, 0.15) is 34.6 Å². The Morgan fingerprint density at radius 1 is 1.37 bits per heavy atom. The van der Waals surface area contributed by atoms with Gasteiger partial charge in [-0.15, -0.1) is 0 Å². The first-order chi connectivity index (χ1) is 13.1. The third-order valence-electron chi connectivity index (χ3n) is 4.48. The van der Waals surface area contributed by atoms with Crippen molar-refractivity contribution >= 4 is 17.7 Å². The van der Waals surface area contributed by atoms with Crippen LogP contribution >= 0.6 is 0 Å². The Morgan fingerprint density at radius 3 is 2.96 bits per heavy atom. The molecule has 0 radical (unpaired) electrons. The quantitative estimate of drug-likeness (QED) is 0.673. The normalized spacial score (nSPS) is 16.8. The number of aromatic nitrogens is 1. The van der Waals surface area contributed by atoms with E-state index in [0.717, 1.165) is 11.1 Å². The van der Waals surface area contributed by atoms with Crippen LogP contribution in [0.3, 0.4) is 0 Å². The number of hydrogen-bond donors (Lipinski definition) is 3. The lowest BCUT2D eigenvalue weighted by Crippen LogP contribution is -2.43. The molecule has 1 amide bonds. The fraction of sp³-hybridized carbons (Fsp3) is 0.368. The van der Waals surface area contributed by atoms with E-state index in [1.807, 2.05) is 24.3 Å². The van der Waals surface area contributed by atoms with Crippen LogP contribution in [0, 0.1) is 0 Å². The second-order valence-corrected chi connectivity index (χ2v) is 6.11. The molecule has 1 atom stereocenters. The van der Waals surface area contributed by atoms with Crippen LogP contribution in [0.2, 0.25) is 0 Å². The van der Waals surface area contributed by atoms with Gasteiger partial charge in [-0.1, -0.05) is 24.3 Å². The molecule has 8 heteroatoms. The zero-order valence-electron chi connectivity index (χ0n) is 15.1. The number of benzene rings is 1. The molecule has 3 N–H and O–H groups in total. The zero-order valence-corrected chi connectivity index (χ0v) is 15.1. The summed E-state index contributed by atoms with van der Waals surface area (Å²) in [7, 11) is 0. The molecule has 8 nitrogen and oxygen atoms in total. The van der Waals surface area contributed by atoms with Gasteiger partial charge in [0, 0.05) is 19.3 Å². The number of nitrogens with one attached hydrogen (secondary N) is 2. The number of hydrogen-bond acceptors (Lipinski definition) is 5. The van der Waals surface area contributed by atoms with Gasteiger partial charge in [-0.05, 0) is 24.1 Å². The molecule has 1 aromatic heterocycles. The molecule has 2 heterocycles. The molecule has 3 rings (SSSR count). The van der Waals surface area contributed by atoms with Gasteiger partial charge in [-0.25, -0.2) is 9.59 Å². The van der Waals surface area contributed by atoms with Crippen LogP contribution in [0.15, 0.2) is 36.5 Å². The Balaban J connectivity index is 1.78. The number of amides is 1.